The van der Waals surface area contributed by atoms with Crippen LogP contribution in [0, 0.1) is 0 Å². The van der Waals surface area contributed by atoms with E-state index in [0.29, 0.717) is 5.69 Å². The third kappa shape index (κ3) is 3.91. The minimum absolute atomic E-state index is 0.0843. The number of phenolic OH excluding ortho intramolecular Hbond substituents is 1. The number of anilines is 1. The topological polar surface area (TPSA) is 65.1 Å². The van der Waals surface area contributed by atoms with Crippen molar-refractivity contribution in [2.24, 2.45) is 0 Å². The Morgan fingerprint density at radius 3 is 2.20 bits per heavy atom. The second-order valence-electron chi connectivity index (χ2n) is 7.13. The van der Waals surface area contributed by atoms with Crippen molar-refractivity contribution in [3.05, 3.63) is 72.1 Å². The van der Waals surface area contributed by atoms with Crippen LogP contribution < -0.4 is 5.32 Å². The minimum atomic E-state index is -0.187. The fraction of sp³-hybridized carbons (Fsp3) is 0.190. The van der Waals surface area contributed by atoms with Crippen molar-refractivity contribution < 1.29 is 9.90 Å². The molecule has 25 heavy (non-hydrogen) atoms. The van der Waals surface area contributed by atoms with Crippen LogP contribution in [0.15, 0.2) is 60.8 Å². The van der Waals surface area contributed by atoms with Crippen molar-refractivity contribution in [2.75, 3.05) is 5.32 Å². The molecule has 0 saturated carbocycles. The van der Waals surface area contributed by atoms with E-state index in [1.807, 2.05) is 36.4 Å². The zero-order valence-electron chi connectivity index (χ0n) is 14.6. The van der Waals surface area contributed by atoms with Crippen LogP contribution in [0.3, 0.4) is 0 Å². The number of benzene rings is 2. The second kappa shape index (κ2) is 6.48. The van der Waals surface area contributed by atoms with Gasteiger partial charge in [0, 0.05) is 11.9 Å². The van der Waals surface area contributed by atoms with Gasteiger partial charge in [-0.25, -0.2) is 0 Å². The lowest BCUT2D eigenvalue weighted by Gasteiger charge is -2.19. The maximum atomic E-state index is 12.4. The number of aromatic amines is 1. The molecule has 0 radical (unpaired) electrons. The molecule has 0 aliphatic carbocycles. The highest BCUT2D eigenvalue weighted by molar-refractivity contribution is 6.03. The minimum Gasteiger partial charge on any atom is -0.508 e. The summed E-state index contributed by atoms with van der Waals surface area (Å²) < 4.78 is 0. The molecule has 0 atom stereocenters. The van der Waals surface area contributed by atoms with Gasteiger partial charge in [0.1, 0.15) is 11.4 Å². The Hall–Kier alpha value is -3.01. The zero-order valence-corrected chi connectivity index (χ0v) is 14.6. The van der Waals surface area contributed by atoms with E-state index in [9.17, 15) is 9.90 Å². The fourth-order valence-corrected chi connectivity index (χ4v) is 2.60. The number of phenols is 1. The average Bonchev–Trinajstić information content (AvgIpc) is 3.05. The van der Waals surface area contributed by atoms with Crippen molar-refractivity contribution in [1.29, 1.82) is 0 Å². The predicted molar refractivity (Wildman–Crippen MR) is 101 cm³/mol. The van der Waals surface area contributed by atoms with Crippen molar-refractivity contribution in [3.63, 3.8) is 0 Å². The van der Waals surface area contributed by atoms with Gasteiger partial charge < -0.3 is 15.4 Å². The van der Waals surface area contributed by atoms with Gasteiger partial charge in [0.25, 0.3) is 5.91 Å². The number of rotatable bonds is 3. The van der Waals surface area contributed by atoms with Gasteiger partial charge in [0.05, 0.1) is 0 Å². The molecule has 128 valence electrons. The molecule has 0 bridgehead atoms. The molecular weight excluding hydrogens is 312 g/mol. The summed E-state index contributed by atoms with van der Waals surface area (Å²) in [5.74, 6) is 0.0319. The van der Waals surface area contributed by atoms with E-state index in [1.54, 1.807) is 24.4 Å². The normalized spacial score (nSPS) is 11.3. The molecule has 2 aromatic carbocycles. The summed E-state index contributed by atoms with van der Waals surface area (Å²) in [6.07, 6.45) is 1.78. The smallest absolute Gasteiger partial charge is 0.272 e. The quantitative estimate of drug-likeness (QED) is 0.635. The molecule has 3 N–H and O–H groups in total. The lowest BCUT2D eigenvalue weighted by molar-refractivity contribution is 0.102. The highest BCUT2D eigenvalue weighted by Crippen LogP contribution is 2.25. The van der Waals surface area contributed by atoms with Crippen molar-refractivity contribution in [2.45, 2.75) is 26.2 Å². The predicted octanol–water partition coefficient (Wildman–Crippen LogP) is 4.94. The number of hydrogen-bond donors (Lipinski definition) is 3. The SMILES string of the molecule is CC(C)(C)c1ccc(NC(=O)c2cc(-c3ccc(O)cc3)c[nH]2)cc1. The van der Waals surface area contributed by atoms with Crippen molar-refractivity contribution in [3.8, 4) is 16.9 Å². The van der Waals surface area contributed by atoms with E-state index in [0.717, 1.165) is 16.8 Å². The first-order valence-corrected chi connectivity index (χ1v) is 8.23. The molecule has 0 aliphatic heterocycles. The number of carbonyl (C=O) groups excluding carboxylic acids is 1. The Labute approximate surface area is 147 Å². The van der Waals surface area contributed by atoms with Crippen LogP contribution in [0.25, 0.3) is 11.1 Å². The Morgan fingerprint density at radius 1 is 0.960 bits per heavy atom. The van der Waals surface area contributed by atoms with Gasteiger partial charge in [-0.2, -0.15) is 0 Å². The van der Waals surface area contributed by atoms with Crippen LogP contribution in [0.1, 0.15) is 36.8 Å². The van der Waals surface area contributed by atoms with Crippen LogP contribution in [0.4, 0.5) is 5.69 Å². The Kier molecular flexibility index (Phi) is 4.36. The number of amides is 1. The molecule has 3 aromatic rings. The van der Waals surface area contributed by atoms with Gasteiger partial charge in [-0.15, -0.1) is 0 Å². The number of carbonyl (C=O) groups is 1. The van der Waals surface area contributed by atoms with Crippen molar-refractivity contribution in [1.82, 2.24) is 4.98 Å². The van der Waals surface area contributed by atoms with Gasteiger partial charge >= 0.3 is 0 Å². The summed E-state index contributed by atoms with van der Waals surface area (Å²) in [5.41, 5.74) is 4.39. The third-order valence-electron chi connectivity index (χ3n) is 4.14. The van der Waals surface area contributed by atoms with Crippen molar-refractivity contribution >= 4 is 11.6 Å². The molecule has 1 aromatic heterocycles. The van der Waals surface area contributed by atoms with E-state index in [1.165, 1.54) is 5.56 Å². The summed E-state index contributed by atoms with van der Waals surface area (Å²) in [6.45, 7) is 6.47. The summed E-state index contributed by atoms with van der Waals surface area (Å²) in [7, 11) is 0. The first-order chi connectivity index (χ1) is 11.8. The Balaban J connectivity index is 1.72. The van der Waals surface area contributed by atoms with Gasteiger partial charge in [-0.3, -0.25) is 4.79 Å². The molecule has 3 rings (SSSR count). The van der Waals surface area contributed by atoms with Gasteiger partial charge in [-0.1, -0.05) is 45.0 Å². The number of H-pyrrole nitrogens is 1. The van der Waals surface area contributed by atoms with E-state index < -0.39 is 0 Å². The van der Waals surface area contributed by atoms with E-state index in [4.69, 9.17) is 0 Å². The summed E-state index contributed by atoms with van der Waals surface area (Å²) in [5, 5.41) is 12.3. The van der Waals surface area contributed by atoms with Gasteiger partial charge in [-0.05, 0) is 52.4 Å². The molecule has 0 unspecified atom stereocenters. The first kappa shape index (κ1) is 16.8. The summed E-state index contributed by atoms with van der Waals surface area (Å²) in [6, 6.07) is 16.6. The summed E-state index contributed by atoms with van der Waals surface area (Å²) in [4.78, 5) is 15.4. The number of aromatic nitrogens is 1. The zero-order chi connectivity index (χ0) is 18.0. The van der Waals surface area contributed by atoms with Crippen LogP contribution in [0.2, 0.25) is 0 Å². The maximum Gasteiger partial charge on any atom is 0.272 e. The summed E-state index contributed by atoms with van der Waals surface area (Å²) >= 11 is 0. The second-order valence-corrected chi connectivity index (χ2v) is 7.13. The molecule has 1 amide bonds. The molecule has 0 saturated heterocycles. The standard InChI is InChI=1S/C21H22N2O2/c1-21(2,3)16-6-8-17(9-7-16)23-20(25)19-12-15(13-22-19)14-4-10-18(24)11-5-14/h4-13,22,24H,1-3H3,(H,23,25). The molecule has 1 heterocycles. The van der Waals surface area contributed by atoms with Crippen LogP contribution in [-0.2, 0) is 5.41 Å². The number of nitrogens with one attached hydrogen (secondary N) is 2. The largest absolute Gasteiger partial charge is 0.508 e. The Morgan fingerprint density at radius 2 is 1.60 bits per heavy atom. The molecule has 4 nitrogen and oxygen atoms in total. The first-order valence-electron chi connectivity index (χ1n) is 8.23. The van der Waals surface area contributed by atoms with Gasteiger partial charge in [0.15, 0.2) is 0 Å². The molecule has 0 fully saturated rings. The molecule has 4 heteroatoms. The lowest BCUT2D eigenvalue weighted by atomic mass is 9.87. The van der Waals surface area contributed by atoms with Crippen LogP contribution in [0.5, 0.6) is 5.75 Å². The lowest BCUT2D eigenvalue weighted by Crippen LogP contribution is -2.13. The molecule has 0 aliphatic rings. The fourth-order valence-electron chi connectivity index (χ4n) is 2.60. The molecule has 0 spiro atoms. The van der Waals surface area contributed by atoms with Gasteiger partial charge in [0.2, 0.25) is 0 Å². The third-order valence-corrected chi connectivity index (χ3v) is 4.14. The maximum absolute atomic E-state index is 12.4. The van der Waals surface area contributed by atoms with E-state index >= 15 is 0 Å². The van der Waals surface area contributed by atoms with Crippen LogP contribution >= 0.6 is 0 Å². The number of hydrogen-bond acceptors (Lipinski definition) is 2. The molecular formula is C21H22N2O2. The van der Waals surface area contributed by atoms with E-state index in [2.05, 4.69) is 31.1 Å². The monoisotopic (exact) mass is 334 g/mol. The average molecular weight is 334 g/mol. The highest BCUT2D eigenvalue weighted by atomic mass is 16.3. The highest BCUT2D eigenvalue weighted by Gasteiger charge is 2.14. The van der Waals surface area contributed by atoms with Crippen LogP contribution in [-0.4, -0.2) is 16.0 Å². The number of aromatic hydroxyl groups is 1. The Bertz CT molecular complexity index is 870. The van der Waals surface area contributed by atoms with E-state index in [-0.39, 0.29) is 17.1 Å².